The van der Waals surface area contributed by atoms with Gasteiger partial charge in [-0.05, 0) is 12.1 Å². The van der Waals surface area contributed by atoms with Crippen molar-refractivity contribution in [2.24, 2.45) is 0 Å². The molecule has 0 atom stereocenters. The second-order valence-electron chi connectivity index (χ2n) is 6.55. The van der Waals surface area contributed by atoms with Crippen molar-refractivity contribution in [3.63, 3.8) is 0 Å². The Labute approximate surface area is 165 Å². The summed E-state index contributed by atoms with van der Waals surface area (Å²) in [4.78, 5) is 20.7. The zero-order chi connectivity index (χ0) is 19.7. The molecule has 0 bridgehead atoms. The van der Waals surface area contributed by atoms with E-state index in [1.54, 1.807) is 0 Å². The van der Waals surface area contributed by atoms with Crippen LogP contribution in [0.25, 0.3) is 11.1 Å². The Morgan fingerprint density at radius 2 is 2.11 bits per heavy atom. The molecular formula is C17H20N4O5S2. The third-order valence-corrected chi connectivity index (χ3v) is 7.23. The van der Waals surface area contributed by atoms with Crippen molar-refractivity contribution in [3.05, 3.63) is 44.8 Å². The van der Waals surface area contributed by atoms with Crippen LogP contribution in [-0.2, 0) is 27.8 Å². The van der Waals surface area contributed by atoms with Crippen molar-refractivity contribution < 1.29 is 17.6 Å². The first kappa shape index (κ1) is 19.3. The van der Waals surface area contributed by atoms with E-state index in [-0.39, 0.29) is 17.0 Å². The molecule has 1 aromatic carbocycles. The standard InChI is InChI=1S/C17H20N4O5S2/c1-20(9-12-11-27-16(18-12)10-21-4-6-25-7-5-21)28(23,24)13-2-3-14-15(8-13)26-17(22)19-14/h2-3,8,11H,4-7,9-10H2,1H3,(H,19,22). The summed E-state index contributed by atoms with van der Waals surface area (Å²) in [6.45, 7) is 4.11. The Morgan fingerprint density at radius 1 is 1.32 bits per heavy atom. The van der Waals surface area contributed by atoms with Crippen LogP contribution in [-0.4, -0.2) is 60.9 Å². The number of oxazole rings is 1. The number of nitrogens with one attached hydrogen (secondary N) is 1. The van der Waals surface area contributed by atoms with Gasteiger partial charge in [0.2, 0.25) is 10.0 Å². The molecule has 0 aliphatic carbocycles. The largest absolute Gasteiger partial charge is 0.417 e. The van der Waals surface area contributed by atoms with Crippen molar-refractivity contribution in [2.45, 2.75) is 18.0 Å². The van der Waals surface area contributed by atoms with Crippen molar-refractivity contribution in [3.8, 4) is 0 Å². The number of morpholine rings is 1. The molecule has 3 aromatic rings. The molecule has 1 aliphatic heterocycles. The summed E-state index contributed by atoms with van der Waals surface area (Å²) in [5, 5.41) is 2.84. The zero-order valence-corrected chi connectivity index (χ0v) is 16.9. The van der Waals surface area contributed by atoms with Gasteiger partial charge in [0, 0.05) is 31.6 Å². The molecule has 4 rings (SSSR count). The molecule has 0 radical (unpaired) electrons. The molecule has 11 heteroatoms. The van der Waals surface area contributed by atoms with Gasteiger partial charge in [-0.2, -0.15) is 4.31 Å². The van der Waals surface area contributed by atoms with E-state index in [0.29, 0.717) is 11.2 Å². The van der Waals surface area contributed by atoms with E-state index in [9.17, 15) is 13.2 Å². The third-order valence-electron chi connectivity index (χ3n) is 4.55. The second-order valence-corrected chi connectivity index (χ2v) is 9.54. The van der Waals surface area contributed by atoms with Crippen LogP contribution in [0.2, 0.25) is 0 Å². The molecule has 0 saturated carbocycles. The zero-order valence-electron chi connectivity index (χ0n) is 15.3. The van der Waals surface area contributed by atoms with E-state index in [1.165, 1.54) is 40.9 Å². The highest BCUT2D eigenvalue weighted by Gasteiger charge is 2.23. The first-order chi connectivity index (χ1) is 13.4. The fourth-order valence-corrected chi connectivity index (χ4v) is 5.01. The minimum Gasteiger partial charge on any atom is -0.408 e. The molecular weight excluding hydrogens is 404 g/mol. The molecule has 1 fully saturated rings. The lowest BCUT2D eigenvalue weighted by Crippen LogP contribution is -2.35. The quantitative estimate of drug-likeness (QED) is 0.634. The van der Waals surface area contributed by atoms with Gasteiger partial charge in [0.25, 0.3) is 0 Å². The number of nitrogens with zero attached hydrogens (tertiary/aromatic N) is 3. The lowest BCUT2D eigenvalue weighted by Gasteiger charge is -2.25. The van der Waals surface area contributed by atoms with Crippen molar-refractivity contribution in [2.75, 3.05) is 33.4 Å². The van der Waals surface area contributed by atoms with E-state index in [0.717, 1.165) is 37.9 Å². The van der Waals surface area contributed by atoms with Crippen molar-refractivity contribution in [1.29, 1.82) is 0 Å². The number of H-pyrrole nitrogens is 1. The van der Waals surface area contributed by atoms with Crippen LogP contribution >= 0.6 is 11.3 Å². The second kappa shape index (κ2) is 7.76. The summed E-state index contributed by atoms with van der Waals surface area (Å²) in [5.74, 6) is -0.617. The molecule has 1 saturated heterocycles. The monoisotopic (exact) mass is 424 g/mol. The van der Waals surface area contributed by atoms with Gasteiger partial charge >= 0.3 is 5.76 Å². The Kier molecular flexibility index (Phi) is 5.34. The van der Waals surface area contributed by atoms with Crippen LogP contribution in [0.1, 0.15) is 10.7 Å². The molecule has 1 N–H and O–H groups in total. The number of rotatable bonds is 6. The van der Waals surface area contributed by atoms with Gasteiger partial charge in [0.05, 0.1) is 42.4 Å². The fraction of sp³-hybridized carbons (Fsp3) is 0.412. The van der Waals surface area contributed by atoms with E-state index < -0.39 is 15.8 Å². The average Bonchev–Trinajstić information content (AvgIpc) is 3.26. The topological polar surface area (TPSA) is 109 Å². The average molecular weight is 425 g/mol. The molecule has 0 spiro atoms. The van der Waals surface area contributed by atoms with E-state index in [4.69, 9.17) is 9.15 Å². The number of hydrogen-bond donors (Lipinski definition) is 1. The number of benzene rings is 1. The van der Waals surface area contributed by atoms with Gasteiger partial charge in [-0.3, -0.25) is 9.88 Å². The van der Waals surface area contributed by atoms with E-state index >= 15 is 0 Å². The van der Waals surface area contributed by atoms with Crippen molar-refractivity contribution in [1.82, 2.24) is 19.2 Å². The minimum absolute atomic E-state index is 0.0639. The molecule has 3 heterocycles. The predicted molar refractivity (Wildman–Crippen MR) is 104 cm³/mol. The van der Waals surface area contributed by atoms with Gasteiger partial charge in [0.1, 0.15) is 5.01 Å². The summed E-state index contributed by atoms with van der Waals surface area (Å²) in [6, 6.07) is 4.32. The minimum atomic E-state index is -3.74. The maximum Gasteiger partial charge on any atom is 0.417 e. The van der Waals surface area contributed by atoms with Gasteiger partial charge < -0.3 is 9.15 Å². The lowest BCUT2D eigenvalue weighted by molar-refractivity contribution is 0.0341. The normalized spacial score (nSPS) is 16.2. The van der Waals surface area contributed by atoms with Crippen molar-refractivity contribution >= 4 is 32.5 Å². The number of fused-ring (bicyclic) bond motifs is 1. The highest BCUT2D eigenvalue weighted by molar-refractivity contribution is 7.89. The smallest absolute Gasteiger partial charge is 0.408 e. The summed E-state index contributed by atoms with van der Waals surface area (Å²) < 4.78 is 37.3. The lowest BCUT2D eigenvalue weighted by atomic mass is 10.3. The van der Waals surface area contributed by atoms with Gasteiger partial charge in [0.15, 0.2) is 5.58 Å². The molecule has 28 heavy (non-hydrogen) atoms. The van der Waals surface area contributed by atoms with Crippen LogP contribution in [0.5, 0.6) is 0 Å². The number of aromatic nitrogens is 2. The van der Waals surface area contributed by atoms with Gasteiger partial charge in [-0.1, -0.05) is 0 Å². The maximum absolute atomic E-state index is 12.9. The number of sulfonamides is 1. The molecule has 2 aromatic heterocycles. The summed E-state index contributed by atoms with van der Waals surface area (Å²) >= 11 is 1.53. The highest BCUT2D eigenvalue weighted by Crippen LogP contribution is 2.22. The summed E-state index contributed by atoms with van der Waals surface area (Å²) in [7, 11) is -2.23. The fourth-order valence-electron chi connectivity index (χ4n) is 3.02. The number of thiazole rings is 1. The Balaban J connectivity index is 1.47. The molecule has 1 aliphatic rings. The van der Waals surface area contributed by atoms with Crippen LogP contribution in [0.15, 0.2) is 37.7 Å². The Morgan fingerprint density at radius 3 is 2.89 bits per heavy atom. The van der Waals surface area contributed by atoms with Gasteiger partial charge in [-0.25, -0.2) is 18.2 Å². The Bertz CT molecular complexity index is 1130. The van der Waals surface area contributed by atoms with E-state index in [1.807, 2.05) is 5.38 Å². The molecule has 0 amide bonds. The molecule has 9 nitrogen and oxygen atoms in total. The number of hydrogen-bond acceptors (Lipinski definition) is 8. The number of aromatic amines is 1. The highest BCUT2D eigenvalue weighted by atomic mass is 32.2. The van der Waals surface area contributed by atoms with Gasteiger partial charge in [-0.15, -0.1) is 11.3 Å². The van der Waals surface area contributed by atoms with Crippen LogP contribution < -0.4 is 5.76 Å². The summed E-state index contributed by atoms with van der Waals surface area (Å²) in [5.41, 5.74) is 1.37. The molecule has 0 unspecified atom stereocenters. The van der Waals surface area contributed by atoms with Crippen LogP contribution in [0.4, 0.5) is 0 Å². The first-order valence-corrected chi connectivity index (χ1v) is 11.1. The third kappa shape index (κ3) is 4.03. The van der Waals surface area contributed by atoms with Crippen LogP contribution in [0.3, 0.4) is 0 Å². The number of ether oxygens (including phenoxy) is 1. The SMILES string of the molecule is CN(Cc1csc(CN2CCOCC2)n1)S(=O)(=O)c1ccc2[nH]c(=O)oc2c1. The first-order valence-electron chi connectivity index (χ1n) is 8.74. The maximum atomic E-state index is 12.9. The predicted octanol–water partition coefficient (Wildman–Crippen LogP) is 1.23. The van der Waals surface area contributed by atoms with E-state index in [2.05, 4.69) is 14.9 Å². The summed E-state index contributed by atoms with van der Waals surface area (Å²) in [6.07, 6.45) is 0. The molecule has 150 valence electrons. The van der Waals surface area contributed by atoms with Crippen LogP contribution in [0, 0.1) is 0 Å². The Hall–Kier alpha value is -2.05.